The van der Waals surface area contributed by atoms with Gasteiger partial charge in [-0.3, -0.25) is 9.36 Å². The lowest BCUT2D eigenvalue weighted by molar-refractivity contribution is -0.870. The highest BCUT2D eigenvalue weighted by atomic mass is 31.2. The Bertz CT molecular complexity index is 1280. The van der Waals surface area contributed by atoms with Crippen molar-refractivity contribution in [1.29, 1.82) is 0 Å². The van der Waals surface area contributed by atoms with Crippen LogP contribution >= 0.6 is 7.82 Å². The Morgan fingerprint density at radius 2 is 0.767 bits per heavy atom. The molecule has 1 amide bonds. The molecule has 0 saturated heterocycles. The minimum atomic E-state index is -4.61. The number of phosphoric acid groups is 1. The van der Waals surface area contributed by atoms with Crippen LogP contribution < -0.4 is 10.2 Å². The summed E-state index contributed by atoms with van der Waals surface area (Å²) in [5, 5.41) is 13.9. The van der Waals surface area contributed by atoms with E-state index in [0.717, 1.165) is 44.9 Å². The molecule has 0 spiro atoms. The fourth-order valence-electron chi connectivity index (χ4n) is 9.60. The molecule has 0 fully saturated rings. The first-order valence-corrected chi connectivity index (χ1v) is 33.3. The first-order chi connectivity index (χ1) is 35.5. The summed E-state index contributed by atoms with van der Waals surface area (Å²) in [7, 11) is 1.25. The lowest BCUT2D eigenvalue weighted by Crippen LogP contribution is -2.45. The third kappa shape index (κ3) is 58.2. The van der Waals surface area contributed by atoms with E-state index in [4.69, 9.17) is 9.05 Å². The van der Waals surface area contributed by atoms with Crippen LogP contribution in [0.3, 0.4) is 0 Å². The van der Waals surface area contributed by atoms with Crippen molar-refractivity contribution in [3.8, 4) is 0 Å². The smallest absolute Gasteiger partial charge is 0.268 e. The van der Waals surface area contributed by atoms with Crippen molar-refractivity contribution >= 4 is 13.7 Å². The van der Waals surface area contributed by atoms with Crippen LogP contribution in [0, 0.1) is 0 Å². The second kappa shape index (κ2) is 55.5. The van der Waals surface area contributed by atoms with Crippen molar-refractivity contribution in [1.82, 2.24) is 5.32 Å². The zero-order valence-electron chi connectivity index (χ0n) is 49.4. The van der Waals surface area contributed by atoms with Crippen LogP contribution in [0.1, 0.15) is 316 Å². The highest BCUT2D eigenvalue weighted by molar-refractivity contribution is 7.45. The van der Waals surface area contributed by atoms with Crippen molar-refractivity contribution in [2.24, 2.45) is 0 Å². The maximum atomic E-state index is 13.0. The van der Waals surface area contributed by atoms with Gasteiger partial charge in [0.2, 0.25) is 5.91 Å². The molecular formula is C64H125N2O6P. The number of unbranched alkanes of at least 4 members (excludes halogenated alkanes) is 42. The number of quaternary nitrogens is 1. The maximum Gasteiger partial charge on any atom is 0.268 e. The predicted octanol–water partition coefficient (Wildman–Crippen LogP) is 19.1. The molecule has 432 valence electrons. The summed E-state index contributed by atoms with van der Waals surface area (Å²) in [5.41, 5.74) is 0. The number of allylic oxidation sites excluding steroid dienone is 5. The van der Waals surface area contributed by atoms with E-state index in [9.17, 15) is 19.4 Å². The molecule has 0 aliphatic rings. The van der Waals surface area contributed by atoms with E-state index in [1.54, 1.807) is 6.08 Å². The van der Waals surface area contributed by atoms with E-state index < -0.39 is 26.6 Å². The number of hydrogen-bond donors (Lipinski definition) is 2. The van der Waals surface area contributed by atoms with Crippen LogP contribution in [0.15, 0.2) is 36.5 Å². The summed E-state index contributed by atoms with van der Waals surface area (Å²) in [6.07, 6.45) is 72.5. The number of rotatable bonds is 59. The Labute approximate surface area is 455 Å². The van der Waals surface area contributed by atoms with Crippen molar-refractivity contribution in [2.75, 3.05) is 40.9 Å². The van der Waals surface area contributed by atoms with Gasteiger partial charge in [0.1, 0.15) is 13.2 Å². The minimum Gasteiger partial charge on any atom is -0.756 e. The molecule has 0 heterocycles. The Hall–Kier alpha value is -1.28. The number of aliphatic hydroxyl groups is 1. The van der Waals surface area contributed by atoms with E-state index in [1.807, 2.05) is 27.2 Å². The normalized spacial score (nSPS) is 14.0. The summed E-state index contributed by atoms with van der Waals surface area (Å²) in [4.78, 5) is 25.5. The second-order valence-electron chi connectivity index (χ2n) is 23.1. The highest BCUT2D eigenvalue weighted by Gasteiger charge is 2.23. The summed E-state index contributed by atoms with van der Waals surface area (Å²) in [5.74, 6) is -0.205. The van der Waals surface area contributed by atoms with E-state index in [0.29, 0.717) is 17.4 Å². The molecule has 0 aromatic rings. The molecule has 2 N–H and O–H groups in total. The van der Waals surface area contributed by atoms with Crippen molar-refractivity contribution < 1.29 is 32.9 Å². The summed E-state index contributed by atoms with van der Waals surface area (Å²) in [6.45, 7) is 4.67. The molecule has 0 aromatic carbocycles. The molecule has 0 aromatic heterocycles. The zero-order chi connectivity index (χ0) is 53.5. The molecule has 73 heavy (non-hydrogen) atoms. The average molecular weight is 1050 g/mol. The Kier molecular flexibility index (Phi) is 54.5. The lowest BCUT2D eigenvalue weighted by atomic mass is 10.0. The fourth-order valence-corrected chi connectivity index (χ4v) is 10.3. The summed E-state index contributed by atoms with van der Waals surface area (Å²) >= 11 is 0. The van der Waals surface area contributed by atoms with Crippen LogP contribution in [0.25, 0.3) is 0 Å². The average Bonchev–Trinajstić information content (AvgIpc) is 3.35. The minimum absolute atomic E-state index is 0.00723. The number of carbonyl (C=O) groups is 1. The predicted molar refractivity (Wildman–Crippen MR) is 316 cm³/mol. The number of aliphatic hydroxyl groups excluding tert-OH is 1. The van der Waals surface area contributed by atoms with E-state index in [2.05, 4.69) is 43.5 Å². The molecule has 3 atom stereocenters. The van der Waals surface area contributed by atoms with Crippen LogP contribution in [0.5, 0.6) is 0 Å². The zero-order valence-corrected chi connectivity index (χ0v) is 50.3. The van der Waals surface area contributed by atoms with Gasteiger partial charge in [-0.2, -0.15) is 0 Å². The van der Waals surface area contributed by atoms with Crippen LogP contribution in [-0.2, 0) is 18.4 Å². The van der Waals surface area contributed by atoms with Gasteiger partial charge in [0.05, 0.1) is 39.9 Å². The molecule has 0 radical (unpaired) electrons. The number of phosphoric ester groups is 1. The molecule has 8 nitrogen and oxygen atoms in total. The quantitative estimate of drug-likeness (QED) is 0.0272. The first kappa shape index (κ1) is 71.7. The Balaban J connectivity index is 4.14. The number of nitrogens with one attached hydrogen (secondary N) is 1. The molecule has 0 bridgehead atoms. The molecule has 3 unspecified atom stereocenters. The van der Waals surface area contributed by atoms with E-state index >= 15 is 0 Å². The van der Waals surface area contributed by atoms with Crippen LogP contribution in [-0.4, -0.2) is 68.5 Å². The van der Waals surface area contributed by atoms with Gasteiger partial charge in [0.15, 0.2) is 0 Å². The largest absolute Gasteiger partial charge is 0.756 e. The van der Waals surface area contributed by atoms with Gasteiger partial charge in [0, 0.05) is 6.42 Å². The molecular weight excluding hydrogens is 924 g/mol. The van der Waals surface area contributed by atoms with Gasteiger partial charge in [-0.1, -0.05) is 301 Å². The molecule has 0 rings (SSSR count). The van der Waals surface area contributed by atoms with Gasteiger partial charge in [0.25, 0.3) is 7.82 Å². The molecule has 0 aliphatic heterocycles. The van der Waals surface area contributed by atoms with Gasteiger partial charge in [-0.25, -0.2) is 0 Å². The molecule has 0 aliphatic carbocycles. The fraction of sp³-hybridized carbons (Fsp3) is 0.891. The molecule has 0 saturated carbocycles. The van der Waals surface area contributed by atoms with Crippen LogP contribution in [0.4, 0.5) is 0 Å². The maximum absolute atomic E-state index is 13.0. The standard InChI is InChI=1S/C64H125N2O6P/c1-6-8-10-12-14-16-18-20-22-24-26-28-30-31-32-33-34-35-36-38-40-42-44-46-48-50-52-54-56-58-64(68)65-62(61-72-73(69,70)71-60-59-66(3,4)5)63(67)57-55-53-51-49-47-45-43-41-39-37-29-27-25-23-21-19-17-15-13-11-9-7-2/h39,41,47,49,55,57,62-63,67H,6-38,40,42-46,48,50-54,56,58-61H2,1-5H3,(H-,65,68,69,70)/b41-39+,49-47+,57-55+. The summed E-state index contributed by atoms with van der Waals surface area (Å²) in [6, 6.07) is -0.908. The van der Waals surface area contributed by atoms with Gasteiger partial charge >= 0.3 is 0 Å². The van der Waals surface area contributed by atoms with Crippen LogP contribution in [0.2, 0.25) is 0 Å². The first-order valence-electron chi connectivity index (χ1n) is 31.9. The SMILES string of the molecule is CCCCCCCCCCCCCC/C=C/CC/C=C/CC/C=C/C(O)C(COP(=O)([O-])OCC[N+](C)(C)C)NC(=O)CCCCCCCCCCCCCCCCCCCCCCCCCCCCCCC. The van der Waals surface area contributed by atoms with Gasteiger partial charge in [-0.15, -0.1) is 0 Å². The monoisotopic (exact) mass is 1050 g/mol. The number of hydrogen-bond acceptors (Lipinski definition) is 6. The van der Waals surface area contributed by atoms with Crippen molar-refractivity contribution in [2.45, 2.75) is 328 Å². The number of amides is 1. The molecule has 9 heteroatoms. The lowest BCUT2D eigenvalue weighted by Gasteiger charge is -2.29. The Morgan fingerprint density at radius 3 is 1.11 bits per heavy atom. The van der Waals surface area contributed by atoms with E-state index in [-0.39, 0.29) is 12.5 Å². The second-order valence-corrected chi connectivity index (χ2v) is 24.5. The highest BCUT2D eigenvalue weighted by Crippen LogP contribution is 2.38. The van der Waals surface area contributed by atoms with Crippen molar-refractivity contribution in [3.63, 3.8) is 0 Å². The van der Waals surface area contributed by atoms with Crippen molar-refractivity contribution in [3.05, 3.63) is 36.5 Å². The topological polar surface area (TPSA) is 108 Å². The van der Waals surface area contributed by atoms with E-state index in [1.165, 1.54) is 250 Å². The van der Waals surface area contributed by atoms with Gasteiger partial charge < -0.3 is 28.8 Å². The summed E-state index contributed by atoms with van der Waals surface area (Å²) < 4.78 is 23.4. The number of carbonyl (C=O) groups excluding carboxylic acids is 1. The Morgan fingerprint density at radius 1 is 0.466 bits per heavy atom. The number of likely N-dealkylation sites (N-methyl/N-ethyl adjacent to an activating group) is 1. The van der Waals surface area contributed by atoms with Gasteiger partial charge in [-0.05, 0) is 44.9 Å². The number of nitrogens with zero attached hydrogens (tertiary/aromatic N) is 1. The third-order valence-electron chi connectivity index (χ3n) is 14.6. The third-order valence-corrected chi connectivity index (χ3v) is 15.5.